The van der Waals surface area contributed by atoms with E-state index in [4.69, 9.17) is 13.9 Å². The molecule has 154 valence electrons. The van der Waals surface area contributed by atoms with Gasteiger partial charge in [0.25, 0.3) is 0 Å². The van der Waals surface area contributed by atoms with Crippen LogP contribution in [-0.2, 0) is 4.79 Å². The third-order valence-electron chi connectivity index (χ3n) is 5.24. The fourth-order valence-corrected chi connectivity index (χ4v) is 3.95. The Morgan fingerprint density at radius 1 is 1.20 bits per heavy atom. The number of rotatable bonds is 3. The smallest absolute Gasteiger partial charge is 0.336 e. The van der Waals surface area contributed by atoms with Crippen molar-refractivity contribution in [3.8, 4) is 23.0 Å². The third-order valence-corrected chi connectivity index (χ3v) is 5.24. The van der Waals surface area contributed by atoms with Crippen molar-refractivity contribution in [2.75, 3.05) is 7.11 Å². The van der Waals surface area contributed by atoms with Gasteiger partial charge in [0.15, 0.2) is 23.0 Å². The van der Waals surface area contributed by atoms with E-state index in [1.807, 2.05) is 0 Å². The number of phenolic OH excluding ortho intramolecular Hbond substituents is 2. The van der Waals surface area contributed by atoms with E-state index < -0.39 is 29.0 Å². The molecule has 8 nitrogen and oxygen atoms in total. The van der Waals surface area contributed by atoms with Gasteiger partial charge in [-0.3, -0.25) is 9.59 Å². The Morgan fingerprint density at radius 2 is 1.93 bits per heavy atom. The lowest BCUT2D eigenvalue weighted by Gasteiger charge is -2.28. The molecule has 1 aliphatic rings. The lowest BCUT2D eigenvalue weighted by atomic mass is 9.82. The molecule has 30 heavy (non-hydrogen) atoms. The standard InChI is InChI=1S/C22H18O8/c1-9-6-15(25)29-21-17(9)20(27)18(10(2)23)22-19(21)12(8-16(26)30-22)11-4-5-14(28-3)13(24)7-11/h4-7,12,24,27H,8H2,1-3H3. The highest BCUT2D eigenvalue weighted by molar-refractivity contribution is 6.09. The van der Waals surface area contributed by atoms with Crippen LogP contribution in [0.3, 0.4) is 0 Å². The molecule has 0 saturated carbocycles. The first-order valence-corrected chi connectivity index (χ1v) is 9.14. The Labute approximate surface area is 170 Å². The number of methoxy groups -OCH3 is 1. The van der Waals surface area contributed by atoms with Gasteiger partial charge in [-0.15, -0.1) is 0 Å². The highest BCUT2D eigenvalue weighted by Gasteiger charge is 2.37. The van der Waals surface area contributed by atoms with Crippen molar-refractivity contribution < 1.29 is 33.7 Å². The van der Waals surface area contributed by atoms with Gasteiger partial charge in [0.2, 0.25) is 0 Å². The monoisotopic (exact) mass is 410 g/mol. The topological polar surface area (TPSA) is 123 Å². The summed E-state index contributed by atoms with van der Waals surface area (Å²) in [7, 11) is 1.41. The third kappa shape index (κ3) is 2.88. The van der Waals surface area contributed by atoms with Crippen molar-refractivity contribution in [3.05, 3.63) is 56.9 Å². The van der Waals surface area contributed by atoms with Crippen molar-refractivity contribution in [1.29, 1.82) is 0 Å². The van der Waals surface area contributed by atoms with Gasteiger partial charge in [0, 0.05) is 17.5 Å². The normalized spacial score (nSPS) is 15.6. The zero-order valence-electron chi connectivity index (χ0n) is 16.4. The summed E-state index contributed by atoms with van der Waals surface area (Å²) < 4.78 is 15.8. The molecule has 2 aromatic carbocycles. The molecule has 2 N–H and O–H groups in total. The molecule has 2 heterocycles. The van der Waals surface area contributed by atoms with Gasteiger partial charge >= 0.3 is 11.6 Å². The molecular formula is C22H18O8. The molecule has 1 unspecified atom stereocenters. The number of Topliss-reactive ketones (excluding diaryl/α,β-unsaturated/α-hetero) is 1. The van der Waals surface area contributed by atoms with Crippen LogP contribution in [0.1, 0.15) is 46.3 Å². The summed E-state index contributed by atoms with van der Waals surface area (Å²) in [5, 5.41) is 21.2. The van der Waals surface area contributed by atoms with Crippen LogP contribution >= 0.6 is 0 Å². The molecule has 8 heteroatoms. The predicted octanol–water partition coefficient (Wildman–Crippen LogP) is 3.16. The van der Waals surface area contributed by atoms with Gasteiger partial charge < -0.3 is 24.1 Å². The molecular weight excluding hydrogens is 392 g/mol. The molecule has 4 rings (SSSR count). The van der Waals surface area contributed by atoms with E-state index in [1.54, 1.807) is 19.1 Å². The van der Waals surface area contributed by atoms with Crippen LogP contribution in [0.4, 0.5) is 0 Å². The van der Waals surface area contributed by atoms with Crippen LogP contribution < -0.4 is 15.1 Å². The number of carbonyl (C=O) groups is 2. The Hall–Kier alpha value is -3.81. The second-order valence-electron chi connectivity index (χ2n) is 7.14. The summed E-state index contributed by atoms with van der Waals surface area (Å²) in [6, 6.07) is 5.85. The summed E-state index contributed by atoms with van der Waals surface area (Å²) in [6.07, 6.45) is -0.117. The fourth-order valence-electron chi connectivity index (χ4n) is 3.95. The Kier molecular flexibility index (Phi) is 4.49. The maximum absolute atomic E-state index is 12.4. The van der Waals surface area contributed by atoms with Crippen LogP contribution in [0.25, 0.3) is 11.0 Å². The van der Waals surface area contributed by atoms with Gasteiger partial charge in [-0.1, -0.05) is 6.07 Å². The van der Waals surface area contributed by atoms with E-state index in [0.717, 1.165) is 0 Å². The van der Waals surface area contributed by atoms with Gasteiger partial charge in [-0.05, 0) is 37.1 Å². The first-order valence-electron chi connectivity index (χ1n) is 9.14. The van der Waals surface area contributed by atoms with E-state index in [1.165, 1.54) is 26.2 Å². The predicted molar refractivity (Wildman–Crippen MR) is 106 cm³/mol. The molecule has 0 radical (unpaired) electrons. The molecule has 0 saturated heterocycles. The minimum atomic E-state index is -0.691. The minimum Gasteiger partial charge on any atom is -0.506 e. The molecule has 0 bridgehead atoms. The second kappa shape index (κ2) is 6.91. The van der Waals surface area contributed by atoms with E-state index >= 15 is 0 Å². The van der Waals surface area contributed by atoms with Gasteiger partial charge in [-0.2, -0.15) is 0 Å². The summed E-state index contributed by atoms with van der Waals surface area (Å²) >= 11 is 0. The maximum Gasteiger partial charge on any atom is 0.336 e. The molecule has 1 atom stereocenters. The van der Waals surface area contributed by atoms with Crippen LogP contribution in [0.2, 0.25) is 0 Å². The molecule has 1 aromatic heterocycles. The quantitative estimate of drug-likeness (QED) is 0.292. The van der Waals surface area contributed by atoms with Gasteiger partial charge in [-0.25, -0.2) is 4.79 Å². The largest absolute Gasteiger partial charge is 0.506 e. The van der Waals surface area contributed by atoms with Gasteiger partial charge in [0.05, 0.1) is 18.9 Å². The molecule has 0 fully saturated rings. The number of hydrogen-bond donors (Lipinski definition) is 2. The number of ether oxygens (including phenoxy) is 2. The van der Waals surface area contributed by atoms with Crippen LogP contribution in [0.5, 0.6) is 23.0 Å². The zero-order valence-corrected chi connectivity index (χ0v) is 16.4. The number of benzene rings is 2. The minimum absolute atomic E-state index is 0.0327. The number of phenols is 2. The SMILES string of the molecule is COc1ccc(C2CC(=O)Oc3c(C(C)=O)c(O)c4c(C)cc(=O)oc4c32)cc1O. The first kappa shape index (κ1) is 19.5. The molecule has 0 amide bonds. The molecule has 1 aliphatic heterocycles. The number of esters is 1. The summed E-state index contributed by atoms with van der Waals surface area (Å²) in [5.41, 5.74) is 0.452. The first-order chi connectivity index (χ1) is 14.2. The molecule has 0 aliphatic carbocycles. The summed E-state index contributed by atoms with van der Waals surface area (Å²) in [5.74, 6) is -2.27. The van der Waals surface area contributed by atoms with Crippen molar-refractivity contribution in [3.63, 3.8) is 0 Å². The molecule has 3 aromatic rings. The average molecular weight is 410 g/mol. The Bertz CT molecular complexity index is 1280. The number of ketones is 1. The lowest BCUT2D eigenvalue weighted by molar-refractivity contribution is -0.135. The Morgan fingerprint density at radius 3 is 2.57 bits per heavy atom. The van der Waals surface area contributed by atoms with Crippen molar-refractivity contribution in [1.82, 2.24) is 0 Å². The number of fused-ring (bicyclic) bond motifs is 3. The summed E-state index contributed by atoms with van der Waals surface area (Å²) in [6.45, 7) is 2.85. The number of hydrogen-bond acceptors (Lipinski definition) is 8. The number of aryl methyl sites for hydroxylation is 1. The van der Waals surface area contributed by atoms with E-state index in [0.29, 0.717) is 11.1 Å². The number of carbonyl (C=O) groups excluding carboxylic acids is 2. The van der Waals surface area contributed by atoms with E-state index in [-0.39, 0.29) is 45.8 Å². The van der Waals surface area contributed by atoms with Crippen LogP contribution in [-0.4, -0.2) is 29.1 Å². The highest BCUT2D eigenvalue weighted by atomic mass is 16.5. The van der Waals surface area contributed by atoms with Gasteiger partial charge in [0.1, 0.15) is 16.9 Å². The van der Waals surface area contributed by atoms with Crippen molar-refractivity contribution in [2.24, 2.45) is 0 Å². The maximum atomic E-state index is 12.4. The second-order valence-corrected chi connectivity index (χ2v) is 7.14. The van der Waals surface area contributed by atoms with Crippen molar-refractivity contribution in [2.45, 2.75) is 26.2 Å². The average Bonchev–Trinajstić information content (AvgIpc) is 2.66. The summed E-state index contributed by atoms with van der Waals surface area (Å²) in [4.78, 5) is 36.8. The lowest BCUT2D eigenvalue weighted by Crippen LogP contribution is -2.23. The van der Waals surface area contributed by atoms with Crippen molar-refractivity contribution >= 4 is 22.7 Å². The zero-order chi connectivity index (χ0) is 21.7. The van der Waals surface area contributed by atoms with Crippen LogP contribution in [0.15, 0.2) is 33.5 Å². The van der Waals surface area contributed by atoms with E-state index in [9.17, 15) is 24.6 Å². The number of aromatic hydroxyl groups is 2. The Balaban J connectivity index is 2.13. The van der Waals surface area contributed by atoms with Crippen LogP contribution in [0, 0.1) is 6.92 Å². The fraction of sp³-hybridized carbons (Fsp3) is 0.227. The molecule has 0 spiro atoms. The van der Waals surface area contributed by atoms with E-state index in [2.05, 4.69) is 0 Å². The highest BCUT2D eigenvalue weighted by Crippen LogP contribution is 2.50.